The van der Waals surface area contributed by atoms with Crippen molar-refractivity contribution in [3.05, 3.63) is 22.4 Å². The Morgan fingerprint density at radius 3 is 3.09 bits per heavy atom. The minimum atomic E-state index is -0.0663. The van der Waals surface area contributed by atoms with Gasteiger partial charge in [-0.1, -0.05) is 6.07 Å². The lowest BCUT2D eigenvalue weighted by molar-refractivity contribution is 0.247. The van der Waals surface area contributed by atoms with E-state index in [0.717, 1.165) is 0 Å². The van der Waals surface area contributed by atoms with Crippen LogP contribution >= 0.6 is 11.3 Å². The molecule has 3 nitrogen and oxygen atoms in total. The van der Waals surface area contributed by atoms with Crippen LogP contribution in [0.15, 0.2) is 17.5 Å². The molecule has 1 saturated heterocycles. The molecular weight excluding hydrogens is 160 g/mol. The van der Waals surface area contributed by atoms with Crippen LogP contribution < -0.4 is 10.6 Å². The van der Waals surface area contributed by atoms with E-state index >= 15 is 0 Å². The number of nitrogens with one attached hydrogen (secondary N) is 2. The highest BCUT2D eigenvalue weighted by Gasteiger charge is 2.21. The van der Waals surface area contributed by atoms with Crippen LogP contribution in [0.25, 0.3) is 0 Å². The fraction of sp³-hybridized carbons (Fsp3) is 0.286. The van der Waals surface area contributed by atoms with Gasteiger partial charge in [-0.25, -0.2) is 4.79 Å². The summed E-state index contributed by atoms with van der Waals surface area (Å²) in [6.07, 6.45) is 0. The molecule has 58 valence electrons. The fourth-order valence-corrected chi connectivity index (χ4v) is 1.89. The van der Waals surface area contributed by atoms with Gasteiger partial charge < -0.3 is 10.6 Å². The van der Waals surface area contributed by atoms with Crippen LogP contribution in [0.1, 0.15) is 10.9 Å². The van der Waals surface area contributed by atoms with Gasteiger partial charge in [-0.3, -0.25) is 0 Å². The highest BCUT2D eigenvalue weighted by Crippen LogP contribution is 2.19. The third-order valence-corrected chi connectivity index (χ3v) is 2.64. The third kappa shape index (κ3) is 1.21. The number of rotatable bonds is 1. The average molecular weight is 168 g/mol. The van der Waals surface area contributed by atoms with Gasteiger partial charge >= 0.3 is 6.03 Å². The maximum atomic E-state index is 10.7. The van der Waals surface area contributed by atoms with E-state index in [4.69, 9.17) is 0 Å². The van der Waals surface area contributed by atoms with Gasteiger partial charge in [-0.2, -0.15) is 0 Å². The molecule has 1 fully saturated rings. The second-order valence-electron chi connectivity index (χ2n) is 2.42. The zero-order valence-electron chi connectivity index (χ0n) is 5.83. The minimum Gasteiger partial charge on any atom is -0.336 e. The largest absolute Gasteiger partial charge is 0.336 e. The van der Waals surface area contributed by atoms with Crippen LogP contribution in [-0.2, 0) is 0 Å². The number of hydrogen-bond acceptors (Lipinski definition) is 2. The van der Waals surface area contributed by atoms with Crippen molar-refractivity contribution < 1.29 is 4.79 Å². The highest BCUT2D eigenvalue weighted by atomic mass is 32.1. The molecule has 2 N–H and O–H groups in total. The van der Waals surface area contributed by atoms with Crippen molar-refractivity contribution in [2.24, 2.45) is 0 Å². The van der Waals surface area contributed by atoms with Crippen molar-refractivity contribution in [3.8, 4) is 0 Å². The van der Waals surface area contributed by atoms with E-state index < -0.39 is 0 Å². The molecule has 1 aromatic rings. The summed E-state index contributed by atoms with van der Waals surface area (Å²) in [6, 6.07) is 4.14. The Kier molecular flexibility index (Phi) is 1.54. The van der Waals surface area contributed by atoms with Gasteiger partial charge in [0.15, 0.2) is 0 Å². The van der Waals surface area contributed by atoms with Crippen molar-refractivity contribution in [2.75, 3.05) is 6.54 Å². The molecule has 0 aromatic carbocycles. The number of carbonyl (C=O) groups excluding carboxylic acids is 1. The lowest BCUT2D eigenvalue weighted by Gasteiger charge is -2.03. The minimum absolute atomic E-state index is 0.0663. The maximum Gasteiger partial charge on any atom is 0.315 e. The van der Waals surface area contributed by atoms with Crippen LogP contribution in [0.5, 0.6) is 0 Å². The molecule has 2 heterocycles. The Labute approximate surface area is 68.4 Å². The Morgan fingerprint density at radius 1 is 1.64 bits per heavy atom. The SMILES string of the molecule is O=C1NCC(c2cccs2)N1. The lowest BCUT2D eigenvalue weighted by Crippen LogP contribution is -2.21. The highest BCUT2D eigenvalue weighted by molar-refractivity contribution is 7.10. The molecule has 2 amide bonds. The maximum absolute atomic E-state index is 10.7. The molecule has 0 aliphatic carbocycles. The summed E-state index contributed by atoms with van der Waals surface area (Å²) in [5.74, 6) is 0. The van der Waals surface area contributed by atoms with Gasteiger partial charge in [-0.15, -0.1) is 11.3 Å². The van der Waals surface area contributed by atoms with E-state index in [9.17, 15) is 4.79 Å². The van der Waals surface area contributed by atoms with E-state index in [0.29, 0.717) is 6.54 Å². The summed E-state index contributed by atoms with van der Waals surface area (Å²) in [5.41, 5.74) is 0. The Morgan fingerprint density at radius 2 is 2.55 bits per heavy atom. The van der Waals surface area contributed by atoms with Crippen LogP contribution in [0, 0.1) is 0 Å². The van der Waals surface area contributed by atoms with E-state index in [-0.39, 0.29) is 12.1 Å². The molecule has 1 unspecified atom stereocenters. The molecular formula is C7H8N2OS. The Hall–Kier alpha value is -1.03. The fourth-order valence-electron chi connectivity index (χ4n) is 1.12. The van der Waals surface area contributed by atoms with Gasteiger partial charge in [0.25, 0.3) is 0 Å². The molecule has 1 aliphatic rings. The van der Waals surface area contributed by atoms with E-state index in [1.165, 1.54) is 4.88 Å². The first-order chi connectivity index (χ1) is 5.36. The molecule has 4 heteroatoms. The first kappa shape index (κ1) is 6.67. The molecule has 0 spiro atoms. The molecule has 11 heavy (non-hydrogen) atoms. The summed E-state index contributed by atoms with van der Waals surface area (Å²) in [7, 11) is 0. The van der Waals surface area contributed by atoms with Crippen LogP contribution in [0.3, 0.4) is 0 Å². The van der Waals surface area contributed by atoms with Gasteiger partial charge in [0.1, 0.15) is 0 Å². The number of urea groups is 1. The second-order valence-corrected chi connectivity index (χ2v) is 3.40. The normalized spacial score (nSPS) is 22.9. The monoisotopic (exact) mass is 168 g/mol. The van der Waals surface area contributed by atoms with E-state index in [1.54, 1.807) is 11.3 Å². The zero-order chi connectivity index (χ0) is 7.68. The van der Waals surface area contributed by atoms with Gasteiger partial charge in [0.05, 0.1) is 6.04 Å². The van der Waals surface area contributed by atoms with Crippen LogP contribution in [0.2, 0.25) is 0 Å². The van der Waals surface area contributed by atoms with Crippen LogP contribution in [-0.4, -0.2) is 12.6 Å². The summed E-state index contributed by atoms with van der Waals surface area (Å²) in [4.78, 5) is 11.9. The average Bonchev–Trinajstić information content (AvgIpc) is 2.55. The second kappa shape index (κ2) is 2.54. The predicted octanol–water partition coefficient (Wildman–Crippen LogP) is 1.10. The summed E-state index contributed by atoms with van der Waals surface area (Å²) >= 11 is 1.67. The first-order valence-corrected chi connectivity index (χ1v) is 4.32. The lowest BCUT2D eigenvalue weighted by atomic mass is 10.3. The van der Waals surface area contributed by atoms with Crippen molar-refractivity contribution in [2.45, 2.75) is 6.04 Å². The predicted molar refractivity (Wildman–Crippen MR) is 43.6 cm³/mol. The molecule has 1 aliphatic heterocycles. The standard InChI is InChI=1S/C7H8N2OS/c10-7-8-4-5(9-7)6-2-1-3-11-6/h1-3,5H,4H2,(H2,8,9,10). The van der Waals surface area contributed by atoms with Crippen molar-refractivity contribution in [3.63, 3.8) is 0 Å². The molecule has 0 bridgehead atoms. The molecule has 1 atom stereocenters. The van der Waals surface area contributed by atoms with Crippen molar-refractivity contribution in [1.82, 2.24) is 10.6 Å². The molecule has 0 radical (unpaired) electrons. The molecule has 1 aromatic heterocycles. The van der Waals surface area contributed by atoms with Gasteiger partial charge in [0.2, 0.25) is 0 Å². The zero-order valence-corrected chi connectivity index (χ0v) is 6.65. The number of thiophene rings is 1. The molecule has 2 rings (SSSR count). The third-order valence-electron chi connectivity index (χ3n) is 1.66. The summed E-state index contributed by atoms with van der Waals surface area (Å²) < 4.78 is 0. The summed E-state index contributed by atoms with van der Waals surface area (Å²) in [6.45, 7) is 0.708. The van der Waals surface area contributed by atoms with Crippen molar-refractivity contribution >= 4 is 17.4 Å². The topological polar surface area (TPSA) is 41.1 Å². The van der Waals surface area contributed by atoms with Crippen molar-refractivity contribution in [1.29, 1.82) is 0 Å². The van der Waals surface area contributed by atoms with Gasteiger partial charge in [0, 0.05) is 11.4 Å². The number of hydrogen-bond donors (Lipinski definition) is 2. The van der Waals surface area contributed by atoms with E-state index in [1.807, 2.05) is 17.5 Å². The Balaban J connectivity index is 2.13. The summed E-state index contributed by atoms with van der Waals surface area (Å²) in [5, 5.41) is 7.54. The Bertz CT molecular complexity index is 257. The number of carbonyl (C=O) groups is 1. The quantitative estimate of drug-likeness (QED) is 0.647. The number of amides is 2. The van der Waals surface area contributed by atoms with Gasteiger partial charge in [-0.05, 0) is 11.4 Å². The van der Waals surface area contributed by atoms with E-state index in [2.05, 4.69) is 10.6 Å². The first-order valence-electron chi connectivity index (χ1n) is 3.44. The van der Waals surface area contributed by atoms with Crippen LogP contribution in [0.4, 0.5) is 4.79 Å². The molecule has 0 saturated carbocycles. The smallest absolute Gasteiger partial charge is 0.315 e.